The molecule has 2 aromatic rings. The zero-order chi connectivity index (χ0) is 19.1. The SMILES string of the molecule is C=CC(=O)N(C)c1ccccc1N=Nc1ccccc1N(C)C(=O)C=C. The van der Waals surface area contributed by atoms with Gasteiger partial charge in [0.25, 0.3) is 0 Å². The molecule has 26 heavy (non-hydrogen) atoms. The third-order valence-corrected chi connectivity index (χ3v) is 3.76. The Morgan fingerprint density at radius 3 is 1.46 bits per heavy atom. The first kappa shape index (κ1) is 18.8. The molecule has 0 aromatic heterocycles. The molecule has 6 heteroatoms. The van der Waals surface area contributed by atoms with E-state index in [0.29, 0.717) is 22.7 Å². The molecule has 0 aliphatic carbocycles. The van der Waals surface area contributed by atoms with E-state index in [1.807, 2.05) is 24.3 Å². The lowest BCUT2D eigenvalue weighted by Crippen LogP contribution is -2.23. The van der Waals surface area contributed by atoms with Crippen LogP contribution in [-0.4, -0.2) is 25.9 Å². The Morgan fingerprint density at radius 1 is 0.769 bits per heavy atom. The number of azo groups is 1. The number of amides is 2. The molecule has 2 aromatic carbocycles. The largest absolute Gasteiger partial charge is 0.310 e. The quantitative estimate of drug-likeness (QED) is 0.574. The van der Waals surface area contributed by atoms with E-state index in [4.69, 9.17) is 0 Å². The minimum Gasteiger partial charge on any atom is -0.310 e. The fraction of sp³-hybridized carbons (Fsp3) is 0.100. The maximum absolute atomic E-state index is 11.9. The van der Waals surface area contributed by atoms with E-state index in [0.717, 1.165) is 0 Å². The van der Waals surface area contributed by atoms with Crippen LogP contribution < -0.4 is 9.80 Å². The average Bonchev–Trinajstić information content (AvgIpc) is 2.70. The molecule has 0 heterocycles. The Hall–Kier alpha value is -3.54. The summed E-state index contributed by atoms with van der Waals surface area (Å²) >= 11 is 0. The summed E-state index contributed by atoms with van der Waals surface area (Å²) < 4.78 is 0. The summed E-state index contributed by atoms with van der Waals surface area (Å²) in [6.45, 7) is 6.99. The standard InChI is InChI=1S/C20H20N4O2/c1-5-19(25)23(3)17-13-9-7-11-15(17)21-22-16-12-8-10-14-18(16)24(4)20(26)6-2/h5-14H,1-2H2,3-4H3. The molecule has 132 valence electrons. The molecule has 0 fully saturated rings. The van der Waals surface area contributed by atoms with Gasteiger partial charge in [-0.15, -0.1) is 10.2 Å². The molecule has 0 N–H and O–H groups in total. The van der Waals surface area contributed by atoms with Crippen molar-refractivity contribution in [3.8, 4) is 0 Å². The second-order valence-electron chi connectivity index (χ2n) is 5.38. The van der Waals surface area contributed by atoms with Gasteiger partial charge in [0.2, 0.25) is 11.8 Å². The number of benzene rings is 2. The molecule has 0 aliphatic heterocycles. The van der Waals surface area contributed by atoms with Gasteiger partial charge in [0.15, 0.2) is 0 Å². The second-order valence-corrected chi connectivity index (χ2v) is 5.38. The number of carbonyl (C=O) groups excluding carboxylic acids is 2. The number of hydrogen-bond acceptors (Lipinski definition) is 4. The van der Waals surface area contributed by atoms with E-state index in [9.17, 15) is 9.59 Å². The molecule has 2 rings (SSSR count). The van der Waals surface area contributed by atoms with E-state index in [2.05, 4.69) is 23.4 Å². The van der Waals surface area contributed by atoms with Gasteiger partial charge in [-0.05, 0) is 36.4 Å². The van der Waals surface area contributed by atoms with Crippen molar-refractivity contribution in [1.82, 2.24) is 0 Å². The van der Waals surface area contributed by atoms with Crippen molar-refractivity contribution in [3.63, 3.8) is 0 Å². The minimum absolute atomic E-state index is 0.246. The lowest BCUT2D eigenvalue weighted by molar-refractivity contribution is -0.114. The molecule has 2 amide bonds. The second kappa shape index (κ2) is 8.53. The fourth-order valence-corrected chi connectivity index (χ4v) is 2.28. The minimum atomic E-state index is -0.246. The molecule has 0 aliphatic rings. The van der Waals surface area contributed by atoms with E-state index < -0.39 is 0 Å². The first-order valence-electron chi connectivity index (χ1n) is 7.89. The lowest BCUT2D eigenvalue weighted by atomic mass is 10.2. The molecule has 0 radical (unpaired) electrons. The lowest BCUT2D eigenvalue weighted by Gasteiger charge is -2.18. The number of carbonyl (C=O) groups is 2. The zero-order valence-electron chi connectivity index (χ0n) is 14.8. The van der Waals surface area contributed by atoms with Crippen molar-refractivity contribution in [2.45, 2.75) is 0 Å². The number of anilines is 2. The van der Waals surface area contributed by atoms with Gasteiger partial charge in [-0.2, -0.15) is 0 Å². The Balaban J connectivity index is 2.41. The molecular formula is C20H20N4O2. The summed E-state index contributed by atoms with van der Waals surface area (Å²) in [5.74, 6) is -0.492. The fourth-order valence-electron chi connectivity index (χ4n) is 2.28. The Kier molecular flexibility index (Phi) is 6.16. The summed E-state index contributed by atoms with van der Waals surface area (Å²) in [5.41, 5.74) is 2.26. The molecule has 0 unspecified atom stereocenters. The van der Waals surface area contributed by atoms with Crippen LogP contribution in [0.3, 0.4) is 0 Å². The van der Waals surface area contributed by atoms with Crippen molar-refractivity contribution < 1.29 is 9.59 Å². The maximum Gasteiger partial charge on any atom is 0.250 e. The number of likely N-dealkylation sites (N-methyl/N-ethyl adjacent to an activating group) is 2. The molecule has 0 saturated carbocycles. The predicted molar refractivity (Wildman–Crippen MR) is 104 cm³/mol. The van der Waals surface area contributed by atoms with Crippen LogP contribution in [0, 0.1) is 0 Å². The topological polar surface area (TPSA) is 65.3 Å². The maximum atomic E-state index is 11.9. The molecule has 6 nitrogen and oxygen atoms in total. The van der Waals surface area contributed by atoms with Gasteiger partial charge in [0.1, 0.15) is 11.4 Å². The Morgan fingerprint density at radius 2 is 1.12 bits per heavy atom. The van der Waals surface area contributed by atoms with Crippen molar-refractivity contribution in [2.75, 3.05) is 23.9 Å². The first-order chi connectivity index (χ1) is 12.5. The van der Waals surface area contributed by atoms with Crippen molar-refractivity contribution in [1.29, 1.82) is 0 Å². The Labute approximate surface area is 152 Å². The smallest absolute Gasteiger partial charge is 0.250 e. The molecule has 0 atom stereocenters. The molecule has 0 bridgehead atoms. The van der Waals surface area contributed by atoms with Gasteiger partial charge in [-0.25, -0.2) is 0 Å². The van der Waals surface area contributed by atoms with Crippen molar-refractivity contribution in [3.05, 3.63) is 73.8 Å². The van der Waals surface area contributed by atoms with Crippen LogP contribution in [0.15, 0.2) is 84.1 Å². The number of para-hydroxylation sites is 2. The number of nitrogens with zero attached hydrogens (tertiary/aromatic N) is 4. The van der Waals surface area contributed by atoms with Gasteiger partial charge < -0.3 is 9.80 Å². The highest BCUT2D eigenvalue weighted by molar-refractivity contribution is 6.03. The van der Waals surface area contributed by atoms with Crippen LogP contribution >= 0.6 is 0 Å². The summed E-state index contributed by atoms with van der Waals surface area (Å²) in [5, 5.41) is 8.55. The van der Waals surface area contributed by atoms with Crippen LogP contribution in [0.2, 0.25) is 0 Å². The predicted octanol–water partition coefficient (Wildman–Crippen LogP) is 4.40. The summed E-state index contributed by atoms with van der Waals surface area (Å²) in [6.07, 6.45) is 2.47. The van der Waals surface area contributed by atoms with E-state index in [1.165, 1.54) is 22.0 Å². The molecule has 0 saturated heterocycles. The normalized spacial score (nSPS) is 10.4. The highest BCUT2D eigenvalue weighted by Gasteiger charge is 2.13. The summed E-state index contributed by atoms with van der Waals surface area (Å²) in [7, 11) is 3.28. The highest BCUT2D eigenvalue weighted by Crippen LogP contribution is 2.33. The van der Waals surface area contributed by atoms with Gasteiger partial charge in [-0.3, -0.25) is 9.59 Å². The average molecular weight is 348 g/mol. The van der Waals surface area contributed by atoms with Crippen LogP contribution in [0.1, 0.15) is 0 Å². The third kappa shape index (κ3) is 4.10. The molecular weight excluding hydrogens is 328 g/mol. The van der Waals surface area contributed by atoms with Crippen LogP contribution in [0.5, 0.6) is 0 Å². The monoisotopic (exact) mass is 348 g/mol. The summed E-state index contributed by atoms with van der Waals surface area (Å²) in [4.78, 5) is 26.6. The van der Waals surface area contributed by atoms with Crippen LogP contribution in [0.25, 0.3) is 0 Å². The van der Waals surface area contributed by atoms with Gasteiger partial charge in [-0.1, -0.05) is 37.4 Å². The highest BCUT2D eigenvalue weighted by atomic mass is 16.2. The number of hydrogen-bond donors (Lipinski definition) is 0. The van der Waals surface area contributed by atoms with Gasteiger partial charge in [0, 0.05) is 14.1 Å². The first-order valence-corrected chi connectivity index (χ1v) is 7.89. The Bertz CT molecular complexity index is 802. The van der Waals surface area contributed by atoms with E-state index >= 15 is 0 Å². The van der Waals surface area contributed by atoms with E-state index in [-0.39, 0.29) is 11.8 Å². The van der Waals surface area contributed by atoms with Gasteiger partial charge in [0.05, 0.1) is 11.4 Å². The van der Waals surface area contributed by atoms with Crippen molar-refractivity contribution >= 4 is 34.6 Å². The zero-order valence-corrected chi connectivity index (χ0v) is 14.8. The summed E-state index contributed by atoms with van der Waals surface area (Å²) in [6, 6.07) is 14.3. The van der Waals surface area contributed by atoms with Crippen LogP contribution in [0.4, 0.5) is 22.7 Å². The molecule has 0 spiro atoms. The third-order valence-electron chi connectivity index (χ3n) is 3.76. The number of rotatable bonds is 6. The van der Waals surface area contributed by atoms with Gasteiger partial charge >= 0.3 is 0 Å². The van der Waals surface area contributed by atoms with Crippen molar-refractivity contribution in [2.24, 2.45) is 10.2 Å². The van der Waals surface area contributed by atoms with E-state index in [1.54, 1.807) is 38.4 Å². The van der Waals surface area contributed by atoms with Crippen LogP contribution in [-0.2, 0) is 9.59 Å².